The fourth-order valence-corrected chi connectivity index (χ4v) is 2.93. The van der Waals surface area contributed by atoms with Crippen molar-refractivity contribution in [2.24, 2.45) is 0 Å². The van der Waals surface area contributed by atoms with Crippen molar-refractivity contribution in [2.45, 2.75) is 39.2 Å². The minimum atomic E-state index is -0.576. The number of nitrogens with one attached hydrogen (secondary N) is 3. The minimum Gasteiger partial charge on any atom is -0.444 e. The Labute approximate surface area is 168 Å². The summed E-state index contributed by atoms with van der Waals surface area (Å²) in [6.07, 6.45) is -0.0951. The maximum atomic E-state index is 12.0. The van der Waals surface area contributed by atoms with Crippen molar-refractivity contribution in [3.63, 3.8) is 0 Å². The number of alkyl carbamates (subject to hydrolysis) is 1. The molecule has 2 rings (SSSR count). The zero-order valence-corrected chi connectivity index (χ0v) is 17.0. The molecule has 0 saturated carbocycles. The first kappa shape index (κ1) is 21.4. The van der Waals surface area contributed by atoms with Gasteiger partial charge >= 0.3 is 6.09 Å². The predicted molar refractivity (Wildman–Crippen MR) is 111 cm³/mol. The molecule has 28 heavy (non-hydrogen) atoms. The Balaban J connectivity index is 1.72. The topological polar surface area (TPSA) is 96.5 Å². The van der Waals surface area contributed by atoms with E-state index in [0.717, 1.165) is 4.88 Å². The molecule has 0 atom stereocenters. The van der Waals surface area contributed by atoms with E-state index in [1.807, 2.05) is 17.5 Å². The van der Waals surface area contributed by atoms with Crippen LogP contribution in [0.4, 0.5) is 16.2 Å². The van der Waals surface area contributed by atoms with E-state index >= 15 is 0 Å². The van der Waals surface area contributed by atoms with Gasteiger partial charge in [0.1, 0.15) is 5.60 Å². The van der Waals surface area contributed by atoms with Crippen molar-refractivity contribution in [3.8, 4) is 0 Å². The number of carbonyl (C=O) groups excluding carboxylic acids is 3. The summed E-state index contributed by atoms with van der Waals surface area (Å²) >= 11 is 1.54. The van der Waals surface area contributed by atoms with Gasteiger partial charge in [0.15, 0.2) is 0 Å². The van der Waals surface area contributed by atoms with Crippen LogP contribution >= 0.6 is 11.3 Å². The number of benzene rings is 1. The molecule has 0 spiro atoms. The average molecular weight is 404 g/mol. The highest BCUT2D eigenvalue weighted by Crippen LogP contribution is 2.15. The molecule has 0 bridgehead atoms. The molecule has 8 heteroatoms. The fourth-order valence-electron chi connectivity index (χ4n) is 2.23. The van der Waals surface area contributed by atoms with Crippen LogP contribution in [0.1, 0.15) is 32.1 Å². The molecular weight excluding hydrogens is 378 g/mol. The van der Waals surface area contributed by atoms with Gasteiger partial charge in [-0.25, -0.2) is 4.79 Å². The highest BCUT2D eigenvalue weighted by Gasteiger charge is 2.15. The van der Waals surface area contributed by atoms with Gasteiger partial charge in [0.2, 0.25) is 11.8 Å². The number of thiophene rings is 1. The maximum absolute atomic E-state index is 12.0. The second-order valence-corrected chi connectivity index (χ2v) is 8.14. The van der Waals surface area contributed by atoms with E-state index in [9.17, 15) is 14.4 Å². The van der Waals surface area contributed by atoms with Crippen molar-refractivity contribution < 1.29 is 19.1 Å². The summed E-state index contributed by atoms with van der Waals surface area (Å²) in [7, 11) is 0. The number of carbonyl (C=O) groups is 3. The second-order valence-electron chi connectivity index (χ2n) is 7.11. The summed E-state index contributed by atoms with van der Waals surface area (Å²) in [4.78, 5) is 36.5. The van der Waals surface area contributed by atoms with Gasteiger partial charge in [0.25, 0.3) is 0 Å². The lowest BCUT2D eigenvalue weighted by Crippen LogP contribution is -2.34. The van der Waals surface area contributed by atoms with Crippen LogP contribution in [0.5, 0.6) is 0 Å². The smallest absolute Gasteiger partial charge is 0.407 e. The molecule has 1 heterocycles. The molecule has 1 aromatic carbocycles. The summed E-state index contributed by atoms with van der Waals surface area (Å²) in [5, 5.41) is 10.0. The van der Waals surface area contributed by atoms with Crippen molar-refractivity contribution in [1.82, 2.24) is 5.32 Å². The lowest BCUT2D eigenvalue weighted by molar-refractivity contribution is -0.116. The average Bonchev–Trinajstić information content (AvgIpc) is 3.07. The minimum absolute atomic E-state index is 0.0903. The molecule has 0 radical (unpaired) electrons. The fraction of sp³-hybridized carbons (Fsp3) is 0.350. The van der Waals surface area contributed by atoms with Crippen LogP contribution in [0.15, 0.2) is 41.8 Å². The van der Waals surface area contributed by atoms with Gasteiger partial charge < -0.3 is 20.7 Å². The quantitative estimate of drug-likeness (QED) is 0.655. The standard InChI is InChI=1S/C20H25N3O4S/c1-20(2,3)27-19(26)21-11-10-17(24)22-14-6-8-15(9-7-14)23-18(25)13-16-5-4-12-28-16/h4-9,12H,10-11,13H2,1-3H3,(H,21,26)(H,22,24)(H,23,25). The van der Waals surface area contributed by atoms with E-state index in [1.165, 1.54) is 11.3 Å². The van der Waals surface area contributed by atoms with Gasteiger partial charge in [-0.3, -0.25) is 9.59 Å². The van der Waals surface area contributed by atoms with E-state index in [1.54, 1.807) is 45.0 Å². The highest BCUT2D eigenvalue weighted by molar-refractivity contribution is 7.10. The summed E-state index contributed by atoms with van der Waals surface area (Å²) in [6.45, 7) is 5.49. The molecule has 0 aliphatic heterocycles. The third kappa shape index (κ3) is 8.22. The SMILES string of the molecule is CC(C)(C)OC(=O)NCCC(=O)Nc1ccc(NC(=O)Cc2cccs2)cc1. The molecule has 1 aromatic heterocycles. The van der Waals surface area contributed by atoms with Crippen LogP contribution < -0.4 is 16.0 Å². The van der Waals surface area contributed by atoms with Gasteiger partial charge in [-0.1, -0.05) is 6.07 Å². The first-order valence-electron chi connectivity index (χ1n) is 8.90. The Kier molecular flexibility index (Phi) is 7.57. The lowest BCUT2D eigenvalue weighted by atomic mass is 10.2. The number of anilines is 2. The van der Waals surface area contributed by atoms with E-state index in [0.29, 0.717) is 17.8 Å². The summed E-state index contributed by atoms with van der Waals surface area (Å²) in [5.41, 5.74) is 0.692. The van der Waals surface area contributed by atoms with Gasteiger partial charge in [0.05, 0.1) is 6.42 Å². The number of hydrogen-bond acceptors (Lipinski definition) is 5. The van der Waals surface area contributed by atoms with Crippen LogP contribution in [0.2, 0.25) is 0 Å². The van der Waals surface area contributed by atoms with Crippen molar-refractivity contribution in [3.05, 3.63) is 46.7 Å². The first-order chi connectivity index (χ1) is 13.2. The zero-order valence-electron chi connectivity index (χ0n) is 16.2. The molecule has 150 valence electrons. The molecule has 0 saturated heterocycles. The summed E-state index contributed by atoms with van der Waals surface area (Å²) in [5.74, 6) is -0.321. The Morgan fingerprint density at radius 3 is 2.11 bits per heavy atom. The molecule has 3 N–H and O–H groups in total. The van der Waals surface area contributed by atoms with Crippen molar-refractivity contribution >= 4 is 40.6 Å². The Hall–Kier alpha value is -2.87. The Bertz CT molecular complexity index is 796. The third-order valence-electron chi connectivity index (χ3n) is 3.39. The second kappa shape index (κ2) is 9.89. The number of hydrogen-bond donors (Lipinski definition) is 3. The lowest BCUT2D eigenvalue weighted by Gasteiger charge is -2.19. The van der Waals surface area contributed by atoms with Gasteiger partial charge in [-0.05, 0) is 56.5 Å². The predicted octanol–water partition coefficient (Wildman–Crippen LogP) is 3.78. The first-order valence-corrected chi connectivity index (χ1v) is 9.78. The van der Waals surface area contributed by atoms with Gasteiger partial charge in [-0.15, -0.1) is 11.3 Å². The molecule has 0 aliphatic carbocycles. The normalized spacial score (nSPS) is 10.8. The van der Waals surface area contributed by atoms with Crippen LogP contribution in [0, 0.1) is 0 Å². The molecule has 0 fully saturated rings. The molecule has 0 unspecified atom stereocenters. The van der Waals surface area contributed by atoms with Crippen LogP contribution in [0.3, 0.4) is 0 Å². The molecule has 3 amide bonds. The summed E-state index contributed by atoms with van der Waals surface area (Å²) in [6, 6.07) is 10.7. The molecule has 2 aromatic rings. The Morgan fingerprint density at radius 1 is 0.964 bits per heavy atom. The van der Waals surface area contributed by atoms with Crippen molar-refractivity contribution in [2.75, 3.05) is 17.2 Å². The monoisotopic (exact) mass is 403 g/mol. The maximum Gasteiger partial charge on any atom is 0.407 e. The van der Waals surface area contributed by atoms with Crippen molar-refractivity contribution in [1.29, 1.82) is 0 Å². The van der Waals surface area contributed by atoms with Crippen LogP contribution in [-0.4, -0.2) is 30.1 Å². The van der Waals surface area contributed by atoms with Gasteiger partial charge in [0, 0.05) is 29.2 Å². The molecule has 7 nitrogen and oxygen atoms in total. The highest BCUT2D eigenvalue weighted by atomic mass is 32.1. The zero-order chi connectivity index (χ0) is 20.6. The number of amides is 3. The van der Waals surface area contributed by atoms with E-state index < -0.39 is 11.7 Å². The van der Waals surface area contributed by atoms with Crippen LogP contribution in [0.25, 0.3) is 0 Å². The molecule has 0 aliphatic rings. The number of ether oxygens (including phenoxy) is 1. The van der Waals surface area contributed by atoms with Gasteiger partial charge in [-0.2, -0.15) is 0 Å². The van der Waals surface area contributed by atoms with E-state index in [4.69, 9.17) is 4.74 Å². The Morgan fingerprint density at radius 2 is 1.57 bits per heavy atom. The largest absolute Gasteiger partial charge is 0.444 e. The van der Waals surface area contributed by atoms with E-state index in [2.05, 4.69) is 16.0 Å². The summed E-state index contributed by atoms with van der Waals surface area (Å²) < 4.78 is 5.10. The third-order valence-corrected chi connectivity index (χ3v) is 4.26. The molecular formula is C20H25N3O4S. The number of rotatable bonds is 7. The van der Waals surface area contributed by atoms with Crippen LogP contribution in [-0.2, 0) is 20.7 Å². The van der Waals surface area contributed by atoms with E-state index in [-0.39, 0.29) is 24.8 Å².